The van der Waals surface area contributed by atoms with E-state index < -0.39 is 10.0 Å². The minimum absolute atomic E-state index is 0.246. The molecule has 4 nitrogen and oxygen atoms in total. The Morgan fingerprint density at radius 3 is 2.65 bits per heavy atom. The van der Waals surface area contributed by atoms with Crippen LogP contribution in [0.15, 0.2) is 29.2 Å². The van der Waals surface area contributed by atoms with E-state index in [9.17, 15) is 8.42 Å². The summed E-state index contributed by atoms with van der Waals surface area (Å²) >= 11 is 1.46. The number of hydrogen-bond acceptors (Lipinski definition) is 4. The number of nitrogens with zero attached hydrogens (tertiary/aromatic N) is 1. The maximum absolute atomic E-state index is 12.8. The first-order chi connectivity index (χ1) is 9.52. The maximum Gasteiger partial charge on any atom is 0.244 e. The molecule has 110 valence electrons. The first kappa shape index (κ1) is 15.4. The summed E-state index contributed by atoms with van der Waals surface area (Å²) in [4.78, 5) is 1.12. The average Bonchev–Trinajstić information content (AvgIpc) is 2.83. The highest BCUT2D eigenvalue weighted by molar-refractivity contribution is 7.89. The molecule has 0 radical (unpaired) electrons. The predicted molar refractivity (Wildman–Crippen MR) is 84.4 cm³/mol. The van der Waals surface area contributed by atoms with E-state index in [1.165, 1.54) is 15.6 Å². The van der Waals surface area contributed by atoms with E-state index in [4.69, 9.17) is 5.73 Å². The molecule has 2 N–H and O–H groups in total. The Morgan fingerprint density at radius 1 is 1.30 bits per heavy atom. The van der Waals surface area contributed by atoms with Crippen LogP contribution >= 0.6 is 11.3 Å². The van der Waals surface area contributed by atoms with Crippen molar-refractivity contribution in [1.29, 1.82) is 0 Å². The Balaban J connectivity index is 2.55. The average molecular weight is 312 g/mol. The molecule has 0 saturated heterocycles. The van der Waals surface area contributed by atoms with Crippen molar-refractivity contribution in [3.05, 3.63) is 29.1 Å². The van der Waals surface area contributed by atoms with Gasteiger partial charge in [-0.1, -0.05) is 31.5 Å². The first-order valence-corrected chi connectivity index (χ1v) is 8.94. The van der Waals surface area contributed by atoms with Crippen LogP contribution in [0, 0.1) is 0 Å². The number of thiophene rings is 1. The molecule has 0 amide bonds. The molecule has 0 spiro atoms. The van der Waals surface area contributed by atoms with E-state index in [1.54, 1.807) is 7.05 Å². The van der Waals surface area contributed by atoms with E-state index in [1.807, 2.05) is 31.2 Å². The zero-order chi connectivity index (χ0) is 14.8. The highest BCUT2D eigenvalue weighted by atomic mass is 32.2. The summed E-state index contributed by atoms with van der Waals surface area (Å²) in [6.07, 6.45) is 1.82. The molecular formula is C14H20N2O2S2. The van der Waals surface area contributed by atoms with Crippen LogP contribution < -0.4 is 5.73 Å². The van der Waals surface area contributed by atoms with Gasteiger partial charge in [0.2, 0.25) is 10.0 Å². The quantitative estimate of drug-likeness (QED) is 0.892. The first-order valence-electron chi connectivity index (χ1n) is 6.69. The SMILES string of the molecule is CCCCN(C)S(=O)(=O)c1c(CN)sc2ccccc12. The second-order valence-corrected chi connectivity index (χ2v) is 7.85. The van der Waals surface area contributed by atoms with Gasteiger partial charge in [-0.25, -0.2) is 12.7 Å². The van der Waals surface area contributed by atoms with Gasteiger partial charge in [-0.05, 0) is 12.5 Å². The summed E-state index contributed by atoms with van der Waals surface area (Å²) in [5.41, 5.74) is 5.74. The highest BCUT2D eigenvalue weighted by Gasteiger charge is 2.27. The van der Waals surface area contributed by atoms with Gasteiger partial charge in [-0.2, -0.15) is 0 Å². The van der Waals surface area contributed by atoms with E-state index in [0.717, 1.165) is 27.8 Å². The van der Waals surface area contributed by atoms with Gasteiger partial charge >= 0.3 is 0 Å². The summed E-state index contributed by atoms with van der Waals surface area (Å²) in [7, 11) is -1.84. The Labute approximate surface area is 124 Å². The molecule has 1 aromatic heterocycles. The van der Waals surface area contributed by atoms with Crippen LogP contribution in [0.5, 0.6) is 0 Å². The van der Waals surface area contributed by atoms with Crippen molar-refractivity contribution >= 4 is 31.4 Å². The normalized spacial score (nSPS) is 12.4. The molecule has 0 bridgehead atoms. The Kier molecular flexibility index (Phi) is 4.80. The molecule has 20 heavy (non-hydrogen) atoms. The third-order valence-corrected chi connectivity index (χ3v) is 6.61. The fourth-order valence-corrected chi connectivity index (χ4v) is 5.14. The lowest BCUT2D eigenvalue weighted by Crippen LogP contribution is -2.28. The smallest absolute Gasteiger partial charge is 0.244 e. The molecule has 1 aromatic carbocycles. The van der Waals surface area contributed by atoms with Crippen molar-refractivity contribution < 1.29 is 8.42 Å². The van der Waals surface area contributed by atoms with Crippen LogP contribution in [0.2, 0.25) is 0 Å². The number of sulfonamides is 1. The Hall–Kier alpha value is -0.950. The number of unbranched alkanes of at least 4 members (excludes halogenated alkanes) is 1. The lowest BCUT2D eigenvalue weighted by Gasteiger charge is -2.17. The standard InChI is InChI=1S/C14H20N2O2S2/c1-3-4-9-16(2)20(17,18)14-11-7-5-6-8-12(11)19-13(14)10-15/h5-8H,3-4,9-10,15H2,1-2H3. The topological polar surface area (TPSA) is 63.4 Å². The number of nitrogens with two attached hydrogens (primary N) is 1. The fraction of sp³-hybridized carbons (Fsp3) is 0.429. The van der Waals surface area contributed by atoms with Crippen molar-refractivity contribution in [2.24, 2.45) is 5.73 Å². The van der Waals surface area contributed by atoms with Crippen LogP contribution in [0.3, 0.4) is 0 Å². The van der Waals surface area contributed by atoms with Gasteiger partial charge in [0.05, 0.1) is 0 Å². The molecule has 6 heteroatoms. The molecular weight excluding hydrogens is 292 g/mol. The van der Waals surface area contributed by atoms with Crippen molar-refractivity contribution in [3.63, 3.8) is 0 Å². The fourth-order valence-electron chi connectivity index (χ4n) is 2.15. The lowest BCUT2D eigenvalue weighted by molar-refractivity contribution is 0.459. The Bertz CT molecular complexity index is 692. The van der Waals surface area contributed by atoms with E-state index in [2.05, 4.69) is 0 Å². The number of benzene rings is 1. The van der Waals surface area contributed by atoms with Gasteiger partial charge in [-0.3, -0.25) is 0 Å². The molecule has 2 aromatic rings. The van der Waals surface area contributed by atoms with Gasteiger partial charge in [0.1, 0.15) is 4.90 Å². The van der Waals surface area contributed by atoms with Gasteiger partial charge < -0.3 is 5.73 Å². The summed E-state index contributed by atoms with van der Waals surface area (Å²) in [6, 6.07) is 7.56. The van der Waals surface area contributed by atoms with Crippen LogP contribution in [0.1, 0.15) is 24.6 Å². The minimum atomic E-state index is -3.47. The lowest BCUT2D eigenvalue weighted by atomic mass is 10.2. The zero-order valence-corrected chi connectivity index (χ0v) is 13.4. The van der Waals surface area contributed by atoms with Crippen LogP contribution in [0.4, 0.5) is 0 Å². The summed E-state index contributed by atoms with van der Waals surface area (Å²) in [5, 5.41) is 0.779. The molecule has 0 aliphatic heterocycles. The molecule has 0 unspecified atom stereocenters. The minimum Gasteiger partial charge on any atom is -0.326 e. The van der Waals surface area contributed by atoms with Crippen molar-refractivity contribution in [2.75, 3.05) is 13.6 Å². The van der Waals surface area contributed by atoms with Crippen molar-refractivity contribution in [3.8, 4) is 0 Å². The van der Waals surface area contributed by atoms with Gasteiger partial charge in [0.25, 0.3) is 0 Å². The second kappa shape index (κ2) is 6.22. The van der Waals surface area contributed by atoms with Crippen LogP contribution in [0.25, 0.3) is 10.1 Å². The monoisotopic (exact) mass is 312 g/mol. The third kappa shape index (κ3) is 2.74. The van der Waals surface area contributed by atoms with Crippen LogP contribution in [-0.4, -0.2) is 26.3 Å². The van der Waals surface area contributed by atoms with E-state index >= 15 is 0 Å². The second-order valence-electron chi connectivity index (χ2n) is 4.73. The third-order valence-electron chi connectivity index (χ3n) is 3.30. The molecule has 0 saturated carbocycles. The van der Waals surface area contributed by atoms with Crippen molar-refractivity contribution in [1.82, 2.24) is 4.31 Å². The zero-order valence-electron chi connectivity index (χ0n) is 11.8. The Morgan fingerprint density at radius 2 is 2.00 bits per heavy atom. The maximum atomic E-state index is 12.8. The molecule has 0 aliphatic rings. The highest BCUT2D eigenvalue weighted by Crippen LogP contribution is 2.35. The molecule has 0 aliphatic carbocycles. The van der Waals surface area contributed by atoms with Gasteiger partial charge in [0, 0.05) is 35.1 Å². The molecule has 0 fully saturated rings. The summed E-state index contributed by atoms with van der Waals surface area (Å²) in [6.45, 7) is 2.83. The molecule has 1 heterocycles. The largest absolute Gasteiger partial charge is 0.326 e. The van der Waals surface area contributed by atoms with Crippen molar-refractivity contribution in [2.45, 2.75) is 31.2 Å². The van der Waals surface area contributed by atoms with Gasteiger partial charge in [0.15, 0.2) is 0 Å². The molecule has 0 atom stereocenters. The molecule has 2 rings (SSSR count). The number of rotatable bonds is 6. The number of fused-ring (bicyclic) bond motifs is 1. The number of hydrogen-bond donors (Lipinski definition) is 1. The predicted octanol–water partition coefficient (Wildman–Crippen LogP) is 2.78. The summed E-state index contributed by atoms with van der Waals surface area (Å²) < 4.78 is 27.9. The van der Waals surface area contributed by atoms with E-state index in [-0.39, 0.29) is 6.54 Å². The summed E-state index contributed by atoms with van der Waals surface area (Å²) in [5.74, 6) is 0. The van der Waals surface area contributed by atoms with E-state index in [0.29, 0.717) is 11.4 Å². The van der Waals surface area contributed by atoms with Crippen LogP contribution in [-0.2, 0) is 16.6 Å². The van der Waals surface area contributed by atoms with Gasteiger partial charge in [-0.15, -0.1) is 11.3 Å².